The van der Waals surface area contributed by atoms with Crippen LogP contribution in [-0.4, -0.2) is 12.0 Å². The highest BCUT2D eigenvalue weighted by Gasteiger charge is 2.30. The van der Waals surface area contributed by atoms with Gasteiger partial charge in [-0.2, -0.15) is 0 Å². The topological polar surface area (TPSA) is 51.5 Å². The predicted octanol–water partition coefficient (Wildman–Crippen LogP) is 3.11. The fourth-order valence-electron chi connectivity index (χ4n) is 2.28. The molecule has 0 spiro atoms. The molecule has 0 fully saturated rings. The van der Waals surface area contributed by atoms with Gasteiger partial charge in [-0.05, 0) is 42.8 Å². The summed E-state index contributed by atoms with van der Waals surface area (Å²) in [6.07, 6.45) is 1.61. The summed E-state index contributed by atoms with van der Waals surface area (Å²) >= 11 is 5.93. The van der Waals surface area contributed by atoms with Gasteiger partial charge in [0.05, 0.1) is 12.3 Å². The van der Waals surface area contributed by atoms with Crippen LogP contribution in [0.1, 0.15) is 24.3 Å². The Morgan fingerprint density at radius 3 is 3.05 bits per heavy atom. The van der Waals surface area contributed by atoms with E-state index in [4.69, 9.17) is 20.8 Å². The molecule has 0 radical (unpaired) electrons. The number of hydrogen-bond acceptors (Lipinski definition) is 3. The van der Waals surface area contributed by atoms with Gasteiger partial charge in [0, 0.05) is 11.4 Å². The molecule has 20 heavy (non-hydrogen) atoms. The summed E-state index contributed by atoms with van der Waals surface area (Å²) < 4.78 is 10.9. The first kappa shape index (κ1) is 13.1. The average molecular weight is 292 g/mol. The van der Waals surface area contributed by atoms with E-state index in [1.807, 2.05) is 19.1 Å². The van der Waals surface area contributed by atoms with Crippen molar-refractivity contribution in [1.82, 2.24) is 5.32 Å². The van der Waals surface area contributed by atoms with Gasteiger partial charge in [-0.1, -0.05) is 11.6 Å². The molecule has 1 aliphatic heterocycles. The van der Waals surface area contributed by atoms with Crippen molar-refractivity contribution in [2.45, 2.75) is 25.5 Å². The summed E-state index contributed by atoms with van der Waals surface area (Å²) in [6.45, 7) is 1.87. The number of rotatable bonds is 3. The highest BCUT2D eigenvalue weighted by molar-refractivity contribution is 6.30. The summed E-state index contributed by atoms with van der Waals surface area (Å²) in [5, 5.41) is 3.53. The third-order valence-electron chi connectivity index (χ3n) is 3.32. The third kappa shape index (κ3) is 2.51. The van der Waals surface area contributed by atoms with E-state index in [-0.39, 0.29) is 11.9 Å². The minimum atomic E-state index is -0.513. The summed E-state index contributed by atoms with van der Waals surface area (Å²) in [5.41, 5.74) is 0.961. The van der Waals surface area contributed by atoms with Crippen LogP contribution in [0.15, 0.2) is 41.0 Å². The fraction of sp³-hybridized carbons (Fsp3) is 0.267. The predicted molar refractivity (Wildman–Crippen MR) is 74.8 cm³/mol. The molecule has 104 valence electrons. The minimum absolute atomic E-state index is 0.152. The Bertz CT molecular complexity index is 624. The maximum atomic E-state index is 12.2. The van der Waals surface area contributed by atoms with Crippen molar-refractivity contribution >= 4 is 17.5 Å². The van der Waals surface area contributed by atoms with Crippen molar-refractivity contribution in [3.05, 3.63) is 52.9 Å². The van der Waals surface area contributed by atoms with Gasteiger partial charge < -0.3 is 14.5 Å². The summed E-state index contributed by atoms with van der Waals surface area (Å²) in [4.78, 5) is 12.2. The van der Waals surface area contributed by atoms with E-state index in [2.05, 4.69) is 5.32 Å². The molecule has 3 rings (SSSR count). The summed E-state index contributed by atoms with van der Waals surface area (Å²) in [5.74, 6) is 1.29. The SMILES string of the molecule is CC(NC(=O)C1Cc2cc(Cl)ccc2O1)c1ccco1. The lowest BCUT2D eigenvalue weighted by Gasteiger charge is -2.15. The zero-order valence-electron chi connectivity index (χ0n) is 10.9. The van der Waals surface area contributed by atoms with Crippen LogP contribution in [0.3, 0.4) is 0 Å². The first-order chi connectivity index (χ1) is 9.63. The van der Waals surface area contributed by atoms with E-state index >= 15 is 0 Å². The van der Waals surface area contributed by atoms with Crippen molar-refractivity contribution in [1.29, 1.82) is 0 Å². The molecule has 4 nitrogen and oxygen atoms in total. The Labute approximate surface area is 121 Å². The van der Waals surface area contributed by atoms with Gasteiger partial charge in [-0.15, -0.1) is 0 Å². The highest BCUT2D eigenvalue weighted by atomic mass is 35.5. The van der Waals surface area contributed by atoms with E-state index in [1.165, 1.54) is 0 Å². The minimum Gasteiger partial charge on any atom is -0.480 e. The van der Waals surface area contributed by atoms with Crippen LogP contribution >= 0.6 is 11.6 Å². The number of ether oxygens (including phenoxy) is 1. The smallest absolute Gasteiger partial charge is 0.262 e. The number of amides is 1. The Morgan fingerprint density at radius 2 is 2.30 bits per heavy atom. The normalized spacial score (nSPS) is 18.2. The van der Waals surface area contributed by atoms with Crippen LogP contribution in [0.2, 0.25) is 5.02 Å². The van der Waals surface area contributed by atoms with E-state index in [1.54, 1.807) is 24.5 Å². The monoisotopic (exact) mass is 291 g/mol. The molecular formula is C15H14ClNO3. The Hall–Kier alpha value is -1.94. The van der Waals surface area contributed by atoms with Crippen molar-refractivity contribution in [3.63, 3.8) is 0 Å². The van der Waals surface area contributed by atoms with Gasteiger partial charge in [0.25, 0.3) is 5.91 Å². The van der Waals surface area contributed by atoms with Gasteiger partial charge in [0.2, 0.25) is 0 Å². The number of fused-ring (bicyclic) bond motifs is 1. The van der Waals surface area contributed by atoms with E-state index in [0.29, 0.717) is 11.4 Å². The molecule has 2 atom stereocenters. The third-order valence-corrected chi connectivity index (χ3v) is 3.55. The first-order valence-corrected chi connectivity index (χ1v) is 6.80. The molecule has 1 aliphatic rings. The maximum absolute atomic E-state index is 12.2. The zero-order valence-corrected chi connectivity index (χ0v) is 11.7. The van der Waals surface area contributed by atoms with Crippen LogP contribution in [0.5, 0.6) is 5.75 Å². The standard InChI is InChI=1S/C15H14ClNO3/c1-9(12-3-2-6-19-12)17-15(18)14-8-10-7-11(16)4-5-13(10)20-14/h2-7,9,14H,8H2,1H3,(H,17,18). The molecule has 2 aromatic rings. The lowest BCUT2D eigenvalue weighted by atomic mass is 10.1. The van der Waals surface area contributed by atoms with Gasteiger partial charge in [0.15, 0.2) is 6.10 Å². The van der Waals surface area contributed by atoms with Gasteiger partial charge >= 0.3 is 0 Å². The Balaban J connectivity index is 1.65. The largest absolute Gasteiger partial charge is 0.480 e. The van der Waals surface area contributed by atoms with E-state index in [9.17, 15) is 4.79 Å². The number of carbonyl (C=O) groups is 1. The van der Waals surface area contributed by atoms with Crippen LogP contribution in [0.25, 0.3) is 0 Å². The molecule has 2 unspecified atom stereocenters. The molecule has 0 saturated carbocycles. The van der Waals surface area contributed by atoms with Gasteiger partial charge in [-0.25, -0.2) is 0 Å². The molecular weight excluding hydrogens is 278 g/mol. The van der Waals surface area contributed by atoms with Crippen molar-refractivity contribution in [2.75, 3.05) is 0 Å². The van der Waals surface area contributed by atoms with Crippen molar-refractivity contribution in [3.8, 4) is 5.75 Å². The van der Waals surface area contributed by atoms with Gasteiger partial charge in [-0.3, -0.25) is 4.79 Å². The fourth-order valence-corrected chi connectivity index (χ4v) is 2.47. The summed E-state index contributed by atoms with van der Waals surface area (Å²) in [7, 11) is 0. The van der Waals surface area contributed by atoms with Crippen molar-refractivity contribution in [2.24, 2.45) is 0 Å². The first-order valence-electron chi connectivity index (χ1n) is 6.42. The number of hydrogen-bond donors (Lipinski definition) is 1. The second-order valence-corrected chi connectivity index (χ2v) is 5.24. The second-order valence-electron chi connectivity index (χ2n) is 4.81. The number of nitrogens with one attached hydrogen (secondary N) is 1. The molecule has 0 bridgehead atoms. The number of halogens is 1. The molecule has 1 aromatic heterocycles. The summed E-state index contributed by atoms with van der Waals surface area (Å²) in [6, 6.07) is 8.82. The average Bonchev–Trinajstić information content (AvgIpc) is 3.07. The number of benzene rings is 1. The van der Waals surface area contributed by atoms with Crippen LogP contribution in [0, 0.1) is 0 Å². The van der Waals surface area contributed by atoms with Crippen LogP contribution < -0.4 is 10.1 Å². The molecule has 1 N–H and O–H groups in total. The van der Waals surface area contributed by atoms with E-state index in [0.717, 1.165) is 17.1 Å². The van der Waals surface area contributed by atoms with Crippen molar-refractivity contribution < 1.29 is 13.9 Å². The quantitative estimate of drug-likeness (QED) is 0.945. The number of furan rings is 1. The maximum Gasteiger partial charge on any atom is 0.262 e. The molecule has 0 aliphatic carbocycles. The molecule has 2 heterocycles. The highest BCUT2D eigenvalue weighted by Crippen LogP contribution is 2.31. The second kappa shape index (κ2) is 5.21. The Kier molecular flexibility index (Phi) is 3.40. The lowest BCUT2D eigenvalue weighted by Crippen LogP contribution is -2.38. The molecule has 5 heteroatoms. The number of carbonyl (C=O) groups excluding carboxylic acids is 1. The van der Waals surface area contributed by atoms with Gasteiger partial charge in [0.1, 0.15) is 11.5 Å². The molecule has 1 aromatic carbocycles. The zero-order chi connectivity index (χ0) is 14.1. The van der Waals surface area contributed by atoms with E-state index < -0.39 is 6.10 Å². The van der Waals surface area contributed by atoms with Crippen LogP contribution in [0.4, 0.5) is 0 Å². The van der Waals surface area contributed by atoms with Crippen LogP contribution in [-0.2, 0) is 11.2 Å². The lowest BCUT2D eigenvalue weighted by molar-refractivity contribution is -0.128. The molecule has 1 amide bonds. The Morgan fingerprint density at radius 1 is 1.45 bits per heavy atom. The molecule has 0 saturated heterocycles.